The number of methoxy groups -OCH3 is 1. The van der Waals surface area contributed by atoms with Gasteiger partial charge in [0.1, 0.15) is 5.82 Å². The van der Waals surface area contributed by atoms with Gasteiger partial charge in [0.15, 0.2) is 0 Å². The molecule has 1 aliphatic rings. The zero-order valence-electron chi connectivity index (χ0n) is 19.6. The Kier molecular flexibility index (Phi) is 8.54. The first-order valence-corrected chi connectivity index (χ1v) is 11.2. The molecular formula is C26H29FN2O5. The summed E-state index contributed by atoms with van der Waals surface area (Å²) in [6.45, 7) is 4.61. The van der Waals surface area contributed by atoms with Gasteiger partial charge in [0.2, 0.25) is 5.91 Å². The molecule has 1 heterocycles. The lowest BCUT2D eigenvalue weighted by molar-refractivity contribution is -0.140. The number of rotatable bonds is 9. The minimum Gasteiger partial charge on any atom is -0.463 e. The minimum atomic E-state index is -0.527. The van der Waals surface area contributed by atoms with Gasteiger partial charge in [-0.1, -0.05) is 24.3 Å². The Morgan fingerprint density at radius 1 is 1.18 bits per heavy atom. The molecule has 2 aromatic rings. The summed E-state index contributed by atoms with van der Waals surface area (Å²) in [4.78, 5) is 39.9. The van der Waals surface area contributed by atoms with Crippen molar-refractivity contribution in [2.75, 3.05) is 26.9 Å². The Balaban J connectivity index is 1.90. The summed E-state index contributed by atoms with van der Waals surface area (Å²) in [6.07, 6.45) is 0.0499. The third-order valence-corrected chi connectivity index (χ3v) is 5.71. The quantitative estimate of drug-likeness (QED) is 0.449. The first-order chi connectivity index (χ1) is 16.3. The average Bonchev–Trinajstić information content (AvgIpc) is 2.82. The molecule has 1 unspecified atom stereocenters. The molecule has 0 bridgehead atoms. The summed E-state index contributed by atoms with van der Waals surface area (Å²) in [7, 11) is 1.56. The van der Waals surface area contributed by atoms with E-state index in [9.17, 15) is 18.8 Å². The van der Waals surface area contributed by atoms with Gasteiger partial charge >= 0.3 is 5.97 Å². The molecule has 0 saturated heterocycles. The Hall–Kier alpha value is -3.52. The van der Waals surface area contributed by atoms with E-state index in [2.05, 4.69) is 5.32 Å². The molecule has 2 amide bonds. The number of ether oxygens (including phenoxy) is 2. The molecule has 0 aliphatic carbocycles. The number of allylic oxidation sites excluding steroid dienone is 1. The fourth-order valence-corrected chi connectivity index (χ4v) is 4.02. The van der Waals surface area contributed by atoms with Crippen LogP contribution in [0.15, 0.2) is 59.8 Å². The highest BCUT2D eigenvalue weighted by molar-refractivity contribution is 5.96. The maximum Gasteiger partial charge on any atom is 0.336 e. The molecule has 8 heteroatoms. The zero-order valence-corrected chi connectivity index (χ0v) is 19.6. The van der Waals surface area contributed by atoms with Crippen LogP contribution in [0.2, 0.25) is 0 Å². The van der Waals surface area contributed by atoms with E-state index in [-0.39, 0.29) is 31.4 Å². The van der Waals surface area contributed by atoms with Crippen molar-refractivity contribution in [3.63, 3.8) is 0 Å². The highest BCUT2D eigenvalue weighted by Gasteiger charge is 2.36. The first-order valence-electron chi connectivity index (χ1n) is 11.2. The summed E-state index contributed by atoms with van der Waals surface area (Å²) in [5.41, 5.74) is 2.75. The number of esters is 1. The molecule has 0 spiro atoms. The van der Waals surface area contributed by atoms with Gasteiger partial charge in [-0.3, -0.25) is 9.59 Å². The van der Waals surface area contributed by atoms with Crippen molar-refractivity contribution in [2.24, 2.45) is 0 Å². The maximum atomic E-state index is 13.5. The second-order valence-corrected chi connectivity index (χ2v) is 7.96. The van der Waals surface area contributed by atoms with Crippen molar-refractivity contribution in [3.8, 4) is 0 Å². The van der Waals surface area contributed by atoms with Crippen LogP contribution in [0.1, 0.15) is 47.7 Å². The van der Waals surface area contributed by atoms with Gasteiger partial charge in [-0.05, 0) is 49.2 Å². The third-order valence-electron chi connectivity index (χ3n) is 5.71. The first kappa shape index (κ1) is 25.1. The smallest absolute Gasteiger partial charge is 0.336 e. The predicted octanol–water partition coefficient (Wildman–Crippen LogP) is 3.56. The Labute approximate surface area is 198 Å². The van der Waals surface area contributed by atoms with E-state index in [0.717, 1.165) is 5.56 Å². The number of halogens is 1. The highest BCUT2D eigenvalue weighted by Crippen LogP contribution is 2.37. The molecule has 3 rings (SSSR count). The van der Waals surface area contributed by atoms with E-state index < -0.39 is 17.7 Å². The molecule has 1 aliphatic heterocycles. The minimum absolute atomic E-state index is 0.0499. The number of nitrogens with zero attached hydrogens (tertiary/aromatic N) is 1. The lowest BCUT2D eigenvalue weighted by Crippen LogP contribution is -2.38. The van der Waals surface area contributed by atoms with Crippen molar-refractivity contribution < 1.29 is 28.2 Å². The molecule has 0 aromatic heterocycles. The molecule has 2 aromatic carbocycles. The van der Waals surface area contributed by atoms with Crippen LogP contribution in [0.4, 0.5) is 4.39 Å². The van der Waals surface area contributed by atoms with Crippen molar-refractivity contribution in [2.45, 2.75) is 32.7 Å². The molecule has 180 valence electrons. The van der Waals surface area contributed by atoms with Crippen LogP contribution in [0.5, 0.6) is 0 Å². The fraction of sp³-hybridized carbons (Fsp3) is 0.346. The molecule has 1 N–H and O–H groups in total. The molecule has 0 radical (unpaired) electrons. The van der Waals surface area contributed by atoms with Crippen LogP contribution in [0, 0.1) is 5.82 Å². The summed E-state index contributed by atoms with van der Waals surface area (Å²) in [5.74, 6) is -1.83. The van der Waals surface area contributed by atoms with E-state index in [0.29, 0.717) is 35.5 Å². The number of carbonyl (C=O) groups excluding carboxylic acids is 3. The number of hydrogen-bond acceptors (Lipinski definition) is 5. The second kappa shape index (κ2) is 11.6. The fourth-order valence-electron chi connectivity index (χ4n) is 4.02. The maximum absolute atomic E-state index is 13.5. The van der Waals surface area contributed by atoms with Crippen molar-refractivity contribution in [1.82, 2.24) is 10.2 Å². The Bertz CT molecular complexity index is 1080. The van der Waals surface area contributed by atoms with Gasteiger partial charge in [0, 0.05) is 37.3 Å². The Morgan fingerprint density at radius 3 is 2.59 bits per heavy atom. The van der Waals surface area contributed by atoms with Crippen molar-refractivity contribution >= 4 is 17.8 Å². The van der Waals surface area contributed by atoms with Gasteiger partial charge in [0.05, 0.1) is 25.3 Å². The van der Waals surface area contributed by atoms with E-state index in [1.54, 1.807) is 51.3 Å². The van der Waals surface area contributed by atoms with Gasteiger partial charge in [-0.2, -0.15) is 0 Å². The largest absolute Gasteiger partial charge is 0.463 e. The standard InChI is InChI=1S/C26H29FN2O5/c1-4-34-26(32)24-17(2)29(23(30)15-22(24)19-8-10-21(27)11-9-19)16-18-6-5-7-20(14-18)25(31)28-12-13-33-3/h5-11,14,22H,4,12-13,15-16H2,1-3H3,(H,28,31). The summed E-state index contributed by atoms with van der Waals surface area (Å²) >= 11 is 0. The van der Waals surface area contributed by atoms with Crippen molar-refractivity contribution in [3.05, 3.63) is 82.3 Å². The number of benzene rings is 2. The molecule has 7 nitrogen and oxygen atoms in total. The predicted molar refractivity (Wildman–Crippen MR) is 124 cm³/mol. The highest BCUT2D eigenvalue weighted by atomic mass is 19.1. The molecule has 34 heavy (non-hydrogen) atoms. The molecular weight excluding hydrogens is 439 g/mol. The van der Waals surface area contributed by atoms with Gasteiger partial charge < -0.3 is 19.7 Å². The number of carbonyl (C=O) groups is 3. The second-order valence-electron chi connectivity index (χ2n) is 7.96. The lowest BCUT2D eigenvalue weighted by atomic mass is 9.83. The number of hydrogen-bond donors (Lipinski definition) is 1. The van der Waals surface area contributed by atoms with E-state index >= 15 is 0 Å². The van der Waals surface area contributed by atoms with E-state index in [1.165, 1.54) is 17.0 Å². The average molecular weight is 469 g/mol. The Morgan fingerprint density at radius 2 is 1.91 bits per heavy atom. The molecule has 0 saturated carbocycles. The zero-order chi connectivity index (χ0) is 24.7. The van der Waals surface area contributed by atoms with Crippen LogP contribution in [0.25, 0.3) is 0 Å². The summed E-state index contributed by atoms with van der Waals surface area (Å²) < 4.78 is 23.7. The van der Waals surface area contributed by atoms with Gasteiger partial charge in [-0.15, -0.1) is 0 Å². The van der Waals surface area contributed by atoms with E-state index in [1.807, 2.05) is 6.07 Å². The van der Waals surface area contributed by atoms with Crippen LogP contribution in [-0.4, -0.2) is 49.6 Å². The lowest BCUT2D eigenvalue weighted by Gasteiger charge is -2.34. The van der Waals surface area contributed by atoms with Gasteiger partial charge in [0.25, 0.3) is 5.91 Å². The summed E-state index contributed by atoms with van der Waals surface area (Å²) in [6, 6.07) is 12.8. The van der Waals surface area contributed by atoms with E-state index in [4.69, 9.17) is 9.47 Å². The number of amides is 2. The summed E-state index contributed by atoms with van der Waals surface area (Å²) in [5, 5.41) is 2.77. The number of nitrogens with one attached hydrogen (secondary N) is 1. The SMILES string of the molecule is CCOC(=O)C1=C(C)N(Cc2cccc(C(=O)NCCOC)c2)C(=O)CC1c1ccc(F)cc1. The van der Waals surface area contributed by atoms with Crippen LogP contribution < -0.4 is 5.32 Å². The molecule has 1 atom stereocenters. The third kappa shape index (κ3) is 5.88. The van der Waals surface area contributed by atoms with Gasteiger partial charge in [-0.25, -0.2) is 9.18 Å². The van der Waals surface area contributed by atoms with Crippen LogP contribution in [0.3, 0.4) is 0 Å². The topological polar surface area (TPSA) is 84.9 Å². The molecule has 0 fully saturated rings. The normalized spacial score (nSPS) is 15.9. The van der Waals surface area contributed by atoms with Crippen molar-refractivity contribution in [1.29, 1.82) is 0 Å². The van der Waals surface area contributed by atoms with Crippen LogP contribution in [-0.2, 0) is 25.6 Å². The monoisotopic (exact) mass is 468 g/mol. The van der Waals surface area contributed by atoms with Crippen LogP contribution >= 0.6 is 0 Å².